The van der Waals surface area contributed by atoms with E-state index in [1.165, 1.54) is 0 Å². The number of nitriles is 1. The molecule has 3 nitrogen and oxygen atoms in total. The Morgan fingerprint density at radius 2 is 1.47 bits per heavy atom. The highest BCUT2D eigenvalue weighted by atomic mass is 16.1. The Morgan fingerprint density at radius 3 is 2.18 bits per heavy atom. The molecule has 0 atom stereocenters. The van der Waals surface area contributed by atoms with Gasteiger partial charge in [0.2, 0.25) is 0 Å². The van der Waals surface area contributed by atoms with Crippen LogP contribution < -0.4 is 5.56 Å². The summed E-state index contributed by atoms with van der Waals surface area (Å²) in [5.74, 6) is 0. The van der Waals surface area contributed by atoms with Crippen molar-refractivity contribution in [3.63, 3.8) is 0 Å². The lowest BCUT2D eigenvalue weighted by atomic mass is 10.1. The van der Waals surface area contributed by atoms with Crippen LogP contribution in [0.4, 0.5) is 0 Å². The van der Waals surface area contributed by atoms with Crippen molar-refractivity contribution in [2.45, 2.75) is 0 Å². The predicted octanol–water partition coefficient (Wildman–Crippen LogP) is 2.48. The SMILES string of the molecule is N#Cn1c(=O)c2ccccc2c2ccccc21. The largest absolute Gasteiger partial charge is 0.272 e. The van der Waals surface area contributed by atoms with E-state index >= 15 is 0 Å². The maximum absolute atomic E-state index is 12.1. The molecule has 0 fully saturated rings. The van der Waals surface area contributed by atoms with E-state index in [9.17, 15) is 4.79 Å². The molecule has 0 aliphatic carbocycles. The van der Waals surface area contributed by atoms with Gasteiger partial charge in [-0.15, -0.1) is 0 Å². The molecule has 0 amide bonds. The number of aromatic nitrogens is 1. The van der Waals surface area contributed by atoms with Gasteiger partial charge in [0.1, 0.15) is 0 Å². The number of fused-ring (bicyclic) bond motifs is 3. The van der Waals surface area contributed by atoms with Crippen molar-refractivity contribution >= 4 is 21.7 Å². The Labute approximate surface area is 97.1 Å². The van der Waals surface area contributed by atoms with Crippen molar-refractivity contribution in [2.75, 3.05) is 0 Å². The van der Waals surface area contributed by atoms with Gasteiger partial charge in [-0.2, -0.15) is 5.26 Å². The zero-order valence-electron chi connectivity index (χ0n) is 8.92. The first-order valence-electron chi connectivity index (χ1n) is 5.25. The lowest BCUT2D eigenvalue weighted by Gasteiger charge is -2.06. The molecule has 0 radical (unpaired) electrons. The molecule has 17 heavy (non-hydrogen) atoms. The van der Waals surface area contributed by atoms with Gasteiger partial charge in [-0.25, -0.2) is 4.57 Å². The first-order valence-corrected chi connectivity index (χ1v) is 5.25. The summed E-state index contributed by atoms with van der Waals surface area (Å²) in [5, 5.41) is 11.5. The molecule has 0 saturated heterocycles. The molecule has 80 valence electrons. The van der Waals surface area contributed by atoms with E-state index in [4.69, 9.17) is 5.26 Å². The molecule has 1 aromatic heterocycles. The highest BCUT2D eigenvalue weighted by Gasteiger charge is 2.08. The second-order valence-corrected chi connectivity index (χ2v) is 3.80. The van der Waals surface area contributed by atoms with Gasteiger partial charge < -0.3 is 0 Å². The van der Waals surface area contributed by atoms with Crippen LogP contribution in [0.1, 0.15) is 0 Å². The van der Waals surface area contributed by atoms with Crippen LogP contribution in [0.2, 0.25) is 0 Å². The number of pyridine rings is 1. The Kier molecular flexibility index (Phi) is 1.96. The molecule has 0 aliphatic rings. The number of rotatable bonds is 0. The van der Waals surface area contributed by atoms with Gasteiger partial charge in [-0.1, -0.05) is 36.4 Å². The summed E-state index contributed by atoms with van der Waals surface area (Å²) in [6.45, 7) is 0. The number of hydrogen-bond donors (Lipinski definition) is 0. The van der Waals surface area contributed by atoms with Crippen molar-refractivity contribution < 1.29 is 0 Å². The van der Waals surface area contributed by atoms with E-state index in [0.29, 0.717) is 10.9 Å². The second-order valence-electron chi connectivity index (χ2n) is 3.80. The smallest absolute Gasteiger partial charge is 0.268 e. The molecule has 0 aliphatic heterocycles. The van der Waals surface area contributed by atoms with Gasteiger partial charge in [-0.3, -0.25) is 4.79 Å². The number of hydrogen-bond acceptors (Lipinski definition) is 2. The van der Waals surface area contributed by atoms with E-state index in [0.717, 1.165) is 15.3 Å². The van der Waals surface area contributed by atoms with Gasteiger partial charge >= 0.3 is 0 Å². The molecular weight excluding hydrogens is 212 g/mol. The van der Waals surface area contributed by atoms with Crippen LogP contribution in [-0.2, 0) is 0 Å². The molecule has 3 aromatic rings. The maximum atomic E-state index is 12.1. The fraction of sp³-hybridized carbons (Fsp3) is 0. The Bertz CT molecular complexity index is 825. The van der Waals surface area contributed by atoms with Crippen LogP contribution in [0.5, 0.6) is 0 Å². The summed E-state index contributed by atoms with van der Waals surface area (Å²) in [4.78, 5) is 12.1. The fourth-order valence-electron chi connectivity index (χ4n) is 2.13. The van der Waals surface area contributed by atoms with Gasteiger partial charge in [0.05, 0.1) is 5.52 Å². The van der Waals surface area contributed by atoms with Crippen LogP contribution in [0, 0.1) is 11.5 Å². The van der Waals surface area contributed by atoms with Crippen molar-refractivity contribution in [1.29, 1.82) is 5.26 Å². The minimum Gasteiger partial charge on any atom is -0.268 e. The van der Waals surface area contributed by atoms with Crippen LogP contribution >= 0.6 is 0 Å². The highest BCUT2D eigenvalue weighted by Crippen LogP contribution is 2.21. The molecule has 0 N–H and O–H groups in total. The summed E-state index contributed by atoms with van der Waals surface area (Å²) in [6.07, 6.45) is 1.93. The van der Waals surface area contributed by atoms with Crippen molar-refractivity contribution in [3.05, 3.63) is 58.9 Å². The first kappa shape index (κ1) is 9.61. The molecule has 3 rings (SSSR count). The summed E-state index contributed by atoms with van der Waals surface area (Å²) in [7, 11) is 0. The summed E-state index contributed by atoms with van der Waals surface area (Å²) in [6, 6.07) is 14.8. The van der Waals surface area contributed by atoms with Gasteiger partial charge in [0.25, 0.3) is 5.56 Å². The Morgan fingerprint density at radius 1 is 0.882 bits per heavy atom. The minimum absolute atomic E-state index is 0.262. The third kappa shape index (κ3) is 1.25. The van der Waals surface area contributed by atoms with Crippen LogP contribution in [-0.4, -0.2) is 4.57 Å². The second kappa shape index (κ2) is 3.46. The summed E-state index contributed by atoms with van der Waals surface area (Å²) in [5.41, 5.74) is 0.389. The van der Waals surface area contributed by atoms with E-state index in [-0.39, 0.29) is 5.56 Å². The summed E-state index contributed by atoms with van der Waals surface area (Å²) >= 11 is 0. The third-order valence-corrected chi connectivity index (χ3v) is 2.90. The van der Waals surface area contributed by atoms with Crippen LogP contribution in [0.25, 0.3) is 21.7 Å². The highest BCUT2D eigenvalue weighted by molar-refractivity contribution is 6.05. The van der Waals surface area contributed by atoms with E-state index in [1.54, 1.807) is 18.2 Å². The molecule has 1 heterocycles. The zero-order valence-corrected chi connectivity index (χ0v) is 8.92. The monoisotopic (exact) mass is 220 g/mol. The first-order chi connectivity index (χ1) is 8.33. The molecule has 0 unspecified atom stereocenters. The Hall–Kier alpha value is -2.60. The third-order valence-electron chi connectivity index (χ3n) is 2.90. The maximum Gasteiger partial charge on any atom is 0.272 e. The number of benzene rings is 2. The molecule has 0 bridgehead atoms. The van der Waals surface area contributed by atoms with E-state index in [2.05, 4.69) is 0 Å². The number of nitrogens with zero attached hydrogens (tertiary/aromatic N) is 2. The molecule has 0 spiro atoms. The molecule has 3 heteroatoms. The predicted molar refractivity (Wildman–Crippen MR) is 66.7 cm³/mol. The average Bonchev–Trinajstić information content (AvgIpc) is 2.40. The molecule has 0 saturated carbocycles. The van der Waals surface area contributed by atoms with Crippen LogP contribution in [0.15, 0.2) is 53.3 Å². The van der Waals surface area contributed by atoms with E-state index in [1.807, 2.05) is 36.5 Å². The average molecular weight is 220 g/mol. The Balaban J connectivity index is 2.75. The molecular formula is C14H8N2O. The van der Waals surface area contributed by atoms with Crippen LogP contribution in [0.3, 0.4) is 0 Å². The lowest BCUT2D eigenvalue weighted by Crippen LogP contribution is -2.17. The van der Waals surface area contributed by atoms with Gasteiger partial charge in [-0.05, 0) is 17.5 Å². The van der Waals surface area contributed by atoms with Gasteiger partial charge in [0.15, 0.2) is 6.19 Å². The topological polar surface area (TPSA) is 45.8 Å². The van der Waals surface area contributed by atoms with E-state index < -0.39 is 0 Å². The molecule has 2 aromatic carbocycles. The zero-order chi connectivity index (χ0) is 11.8. The van der Waals surface area contributed by atoms with Gasteiger partial charge in [0, 0.05) is 10.8 Å². The van der Waals surface area contributed by atoms with Crippen molar-refractivity contribution in [1.82, 2.24) is 4.57 Å². The fourth-order valence-corrected chi connectivity index (χ4v) is 2.13. The summed E-state index contributed by atoms with van der Waals surface area (Å²) < 4.78 is 1.14. The normalized spacial score (nSPS) is 10.5. The van der Waals surface area contributed by atoms with Crippen molar-refractivity contribution in [2.24, 2.45) is 0 Å². The number of para-hydroxylation sites is 1. The standard InChI is InChI=1S/C14H8N2O/c15-9-16-13-8-4-3-6-11(13)10-5-1-2-7-12(10)14(16)17/h1-8H. The lowest BCUT2D eigenvalue weighted by molar-refractivity contribution is 1.08. The van der Waals surface area contributed by atoms with Crippen molar-refractivity contribution in [3.8, 4) is 6.19 Å². The minimum atomic E-state index is -0.262. The quantitative estimate of drug-likeness (QED) is 0.546.